The molecule has 1 amide bonds. The highest BCUT2D eigenvalue weighted by atomic mass is 35.5. The monoisotopic (exact) mass is 690 g/mol. The van der Waals surface area contributed by atoms with Gasteiger partial charge < -0.3 is 33.9 Å². The molecule has 0 spiro atoms. The van der Waals surface area contributed by atoms with Crippen molar-refractivity contribution in [2.24, 2.45) is 0 Å². The van der Waals surface area contributed by atoms with Gasteiger partial charge in [0.2, 0.25) is 0 Å². The standard InChI is InChI=1S/C39H35ClN4O6/c1-47-29-17-13-27(14-18-29)39(26-11-7-4-8-12-26,28-15-19-30(48-2)20-16-28)49-23-33-32(45)21-34(50-33)44-22-31(40)35-36(41-24-42-37(35)44)43-38(46)25-9-5-3-6-10-25/h3-20,22,24,32-34,45H,21,23H2,1-2H3,(H,41,42,43,46)/t32-,33+,34-/m0/s1. The highest BCUT2D eigenvalue weighted by Crippen LogP contribution is 2.43. The van der Waals surface area contributed by atoms with Crippen LogP contribution in [0.2, 0.25) is 5.02 Å². The fourth-order valence-corrected chi connectivity index (χ4v) is 6.72. The number of aromatic nitrogens is 3. The van der Waals surface area contributed by atoms with Crippen molar-refractivity contribution in [3.63, 3.8) is 0 Å². The molecule has 1 aliphatic rings. The molecule has 0 radical (unpaired) electrons. The van der Waals surface area contributed by atoms with E-state index in [1.807, 2.05) is 84.9 Å². The van der Waals surface area contributed by atoms with Crippen LogP contribution in [0.3, 0.4) is 0 Å². The first kappa shape index (κ1) is 33.2. The molecule has 0 aliphatic carbocycles. The first-order valence-corrected chi connectivity index (χ1v) is 16.5. The lowest BCUT2D eigenvalue weighted by Crippen LogP contribution is -2.38. The zero-order valence-electron chi connectivity index (χ0n) is 27.4. The van der Waals surface area contributed by atoms with E-state index in [9.17, 15) is 9.90 Å². The molecule has 11 heteroatoms. The first-order chi connectivity index (χ1) is 24.4. The quantitative estimate of drug-likeness (QED) is 0.140. The number of amides is 1. The molecule has 0 unspecified atom stereocenters. The summed E-state index contributed by atoms with van der Waals surface area (Å²) in [5.41, 5.74) is 2.48. The van der Waals surface area contributed by atoms with E-state index in [1.165, 1.54) is 6.33 Å². The molecule has 6 aromatic rings. The van der Waals surface area contributed by atoms with Crippen LogP contribution in [-0.4, -0.2) is 58.6 Å². The predicted octanol–water partition coefficient (Wildman–Crippen LogP) is 7.01. The molecular formula is C39H35ClN4O6. The Kier molecular flexibility index (Phi) is 9.51. The van der Waals surface area contributed by atoms with E-state index >= 15 is 0 Å². The van der Waals surface area contributed by atoms with Crippen molar-refractivity contribution in [2.75, 3.05) is 26.1 Å². The van der Waals surface area contributed by atoms with E-state index in [0.717, 1.165) is 16.7 Å². The minimum absolute atomic E-state index is 0.0465. The third kappa shape index (κ3) is 6.30. The number of rotatable bonds is 11. The zero-order valence-corrected chi connectivity index (χ0v) is 28.2. The molecule has 1 aliphatic heterocycles. The van der Waals surface area contributed by atoms with Crippen LogP contribution in [0.15, 0.2) is 122 Å². The van der Waals surface area contributed by atoms with Crippen molar-refractivity contribution < 1.29 is 28.8 Å². The fourth-order valence-electron chi connectivity index (χ4n) is 6.44. The number of benzene rings is 4. The molecule has 4 aromatic carbocycles. The van der Waals surface area contributed by atoms with Crippen LogP contribution in [0, 0.1) is 0 Å². The summed E-state index contributed by atoms with van der Waals surface area (Å²) in [5, 5.41) is 15.0. The third-order valence-corrected chi connectivity index (χ3v) is 9.27. The summed E-state index contributed by atoms with van der Waals surface area (Å²) < 4.78 is 26.2. The number of anilines is 1. The van der Waals surface area contributed by atoms with Crippen LogP contribution in [-0.2, 0) is 15.1 Å². The second kappa shape index (κ2) is 14.3. The Labute approximate surface area is 294 Å². The fraction of sp³-hybridized carbons (Fsp3) is 0.205. The molecule has 0 bridgehead atoms. The number of aliphatic hydroxyl groups excluding tert-OH is 1. The number of methoxy groups -OCH3 is 2. The predicted molar refractivity (Wildman–Crippen MR) is 190 cm³/mol. The Morgan fingerprint density at radius 1 is 0.880 bits per heavy atom. The Balaban J connectivity index is 1.19. The van der Waals surface area contributed by atoms with Crippen LogP contribution in [0.25, 0.3) is 11.0 Å². The molecular weight excluding hydrogens is 656 g/mol. The van der Waals surface area contributed by atoms with Gasteiger partial charge in [-0.3, -0.25) is 4.79 Å². The lowest BCUT2D eigenvalue weighted by atomic mass is 9.80. The number of hydrogen-bond acceptors (Lipinski definition) is 8. The van der Waals surface area contributed by atoms with E-state index in [2.05, 4.69) is 15.3 Å². The molecule has 1 fully saturated rings. The summed E-state index contributed by atoms with van der Waals surface area (Å²) in [7, 11) is 3.26. The van der Waals surface area contributed by atoms with Crippen molar-refractivity contribution in [1.29, 1.82) is 0 Å². The molecule has 50 heavy (non-hydrogen) atoms. The number of carbonyl (C=O) groups is 1. The molecule has 2 N–H and O–H groups in total. The maximum Gasteiger partial charge on any atom is 0.256 e. The van der Waals surface area contributed by atoms with Gasteiger partial charge in [0.15, 0.2) is 0 Å². The summed E-state index contributed by atoms with van der Waals surface area (Å²) in [6, 6.07) is 34.3. The second-order valence-electron chi connectivity index (χ2n) is 11.9. The normalized spacial score (nSPS) is 17.5. The lowest BCUT2D eigenvalue weighted by Gasteiger charge is -2.37. The molecule has 254 valence electrons. The molecule has 10 nitrogen and oxygen atoms in total. The minimum Gasteiger partial charge on any atom is -0.497 e. The minimum atomic E-state index is -1.08. The highest BCUT2D eigenvalue weighted by molar-refractivity contribution is 6.36. The summed E-state index contributed by atoms with van der Waals surface area (Å²) in [5.74, 6) is 1.38. The number of nitrogens with zero attached hydrogens (tertiary/aromatic N) is 3. The van der Waals surface area contributed by atoms with Crippen LogP contribution >= 0.6 is 11.6 Å². The summed E-state index contributed by atoms with van der Waals surface area (Å²) in [6.07, 6.45) is 1.12. The van der Waals surface area contributed by atoms with E-state index in [4.69, 9.17) is 30.5 Å². The van der Waals surface area contributed by atoms with E-state index in [-0.39, 0.29) is 24.8 Å². The molecule has 1 saturated heterocycles. The smallest absolute Gasteiger partial charge is 0.256 e. The molecule has 3 atom stereocenters. The number of fused-ring (bicyclic) bond motifs is 1. The first-order valence-electron chi connectivity index (χ1n) is 16.1. The third-order valence-electron chi connectivity index (χ3n) is 8.98. The van der Waals surface area contributed by atoms with Gasteiger partial charge in [0, 0.05) is 18.2 Å². The molecule has 7 rings (SSSR count). The molecule has 3 heterocycles. The SMILES string of the molecule is COc1ccc(C(OC[C@H]2O[C@H](n3cc(Cl)c4c(NC(=O)c5ccccc5)ncnc43)C[C@@H]2O)(c2ccccc2)c2ccc(OC)cc2)cc1. The number of carbonyl (C=O) groups excluding carboxylic acids is 1. The second-order valence-corrected chi connectivity index (χ2v) is 12.3. The van der Waals surface area contributed by atoms with Crippen molar-refractivity contribution in [2.45, 2.75) is 30.5 Å². The van der Waals surface area contributed by atoms with Crippen molar-refractivity contribution in [3.05, 3.63) is 149 Å². The summed E-state index contributed by atoms with van der Waals surface area (Å²) >= 11 is 6.72. The zero-order chi connectivity index (χ0) is 34.7. The van der Waals surface area contributed by atoms with Gasteiger partial charge >= 0.3 is 0 Å². The number of ether oxygens (including phenoxy) is 4. The number of hydrogen-bond donors (Lipinski definition) is 2. The number of aliphatic hydroxyl groups is 1. The van der Waals surface area contributed by atoms with Gasteiger partial charge in [-0.15, -0.1) is 0 Å². The van der Waals surface area contributed by atoms with Gasteiger partial charge in [-0.25, -0.2) is 9.97 Å². The maximum absolute atomic E-state index is 12.9. The summed E-state index contributed by atoms with van der Waals surface area (Å²) in [6.45, 7) is 0.0465. The van der Waals surface area contributed by atoms with Gasteiger partial charge in [0.05, 0.1) is 37.3 Å². The average Bonchev–Trinajstić information content (AvgIpc) is 3.72. The van der Waals surface area contributed by atoms with Gasteiger partial charge in [-0.2, -0.15) is 0 Å². The molecule has 0 saturated carbocycles. The topological polar surface area (TPSA) is 117 Å². The van der Waals surface area contributed by atoms with Crippen LogP contribution in [0.4, 0.5) is 5.82 Å². The van der Waals surface area contributed by atoms with E-state index in [0.29, 0.717) is 33.1 Å². The van der Waals surface area contributed by atoms with Gasteiger partial charge in [-0.1, -0.05) is 84.4 Å². The number of halogens is 1. The Bertz CT molecular complexity index is 2030. The lowest BCUT2D eigenvalue weighted by molar-refractivity contribution is -0.0930. The number of nitrogens with one attached hydrogen (secondary N) is 1. The maximum atomic E-state index is 12.9. The summed E-state index contributed by atoms with van der Waals surface area (Å²) in [4.78, 5) is 21.7. The van der Waals surface area contributed by atoms with Crippen LogP contribution in [0.1, 0.15) is 39.7 Å². The molecule has 2 aromatic heterocycles. The largest absolute Gasteiger partial charge is 0.497 e. The van der Waals surface area contributed by atoms with E-state index < -0.39 is 24.0 Å². The van der Waals surface area contributed by atoms with E-state index in [1.54, 1.807) is 49.2 Å². The van der Waals surface area contributed by atoms with Gasteiger partial charge in [0.25, 0.3) is 5.91 Å². The van der Waals surface area contributed by atoms with Crippen molar-refractivity contribution >= 4 is 34.4 Å². The Hall–Kier alpha value is -5.26. The Morgan fingerprint density at radius 3 is 2.06 bits per heavy atom. The average molecular weight is 691 g/mol. The van der Waals surface area contributed by atoms with Gasteiger partial charge in [-0.05, 0) is 53.1 Å². The van der Waals surface area contributed by atoms with Crippen molar-refractivity contribution in [1.82, 2.24) is 14.5 Å². The Morgan fingerprint density at radius 2 is 1.46 bits per heavy atom. The highest BCUT2D eigenvalue weighted by Gasteiger charge is 2.42. The van der Waals surface area contributed by atoms with Crippen LogP contribution in [0.5, 0.6) is 11.5 Å². The van der Waals surface area contributed by atoms with Gasteiger partial charge in [0.1, 0.15) is 47.2 Å². The van der Waals surface area contributed by atoms with Crippen LogP contribution < -0.4 is 14.8 Å². The van der Waals surface area contributed by atoms with Crippen molar-refractivity contribution in [3.8, 4) is 11.5 Å².